The molecular weight excluding hydrogens is 397 g/mol. The molecule has 1 aliphatic rings. The monoisotopic (exact) mass is 413 g/mol. The number of halogens is 2. The van der Waals surface area contributed by atoms with Gasteiger partial charge in [-0.05, 0) is 34.0 Å². The molecule has 0 radical (unpaired) electrons. The number of hydrogen-bond acceptors (Lipinski definition) is 4. The molecule has 0 saturated carbocycles. The highest BCUT2D eigenvalue weighted by Crippen LogP contribution is 2.32. The summed E-state index contributed by atoms with van der Waals surface area (Å²) in [5.74, 6) is 0.129. The summed E-state index contributed by atoms with van der Waals surface area (Å²) in [5, 5.41) is 0. The molecule has 1 aromatic carbocycles. The molecule has 1 aliphatic heterocycles. The van der Waals surface area contributed by atoms with Crippen LogP contribution in [0.25, 0.3) is 0 Å². The Labute approximate surface area is 140 Å². The van der Waals surface area contributed by atoms with Crippen molar-refractivity contribution in [2.45, 2.75) is 11.8 Å². The fourth-order valence-corrected chi connectivity index (χ4v) is 5.80. The summed E-state index contributed by atoms with van der Waals surface area (Å²) < 4.78 is 57.6. The van der Waals surface area contributed by atoms with Gasteiger partial charge in [0, 0.05) is 35.4 Å². The Kier molecular flexibility index (Phi) is 5.63. The highest BCUT2D eigenvalue weighted by Gasteiger charge is 2.32. The maximum absolute atomic E-state index is 13.8. The minimum atomic E-state index is -3.91. The van der Waals surface area contributed by atoms with Gasteiger partial charge >= 0.3 is 0 Å². The van der Waals surface area contributed by atoms with Gasteiger partial charge in [0.25, 0.3) is 0 Å². The summed E-state index contributed by atoms with van der Waals surface area (Å²) in [4.78, 5) is -0.212. The molecule has 2 unspecified atom stereocenters. The molecule has 0 bridgehead atoms. The van der Waals surface area contributed by atoms with Crippen LogP contribution in [-0.2, 0) is 20.8 Å². The van der Waals surface area contributed by atoms with Crippen molar-refractivity contribution in [3.63, 3.8) is 0 Å². The zero-order chi connectivity index (χ0) is 16.5. The number of rotatable bonds is 3. The van der Waals surface area contributed by atoms with E-state index >= 15 is 0 Å². The van der Waals surface area contributed by atoms with Crippen molar-refractivity contribution in [1.82, 2.24) is 4.31 Å². The summed E-state index contributed by atoms with van der Waals surface area (Å²) in [6.45, 7) is 2.26. The standard InChI is InChI=1S/C13H17BrFNO4S2/c1-9-7-16(3-4-21(17)8-9)22(18,19)13-6-11(15)10(14)5-12(13)20-2/h5-6,9H,3-4,7-8H2,1-2H3. The molecule has 1 aromatic rings. The Hall–Kier alpha value is -0.510. The van der Waals surface area contributed by atoms with Crippen molar-refractivity contribution >= 4 is 36.8 Å². The molecular formula is C13H17BrFNO4S2. The lowest BCUT2D eigenvalue weighted by Crippen LogP contribution is -2.35. The summed E-state index contributed by atoms with van der Waals surface area (Å²) in [6.07, 6.45) is 0. The van der Waals surface area contributed by atoms with Gasteiger partial charge in [-0.3, -0.25) is 4.21 Å². The predicted octanol–water partition coefficient (Wildman–Crippen LogP) is 1.99. The Morgan fingerprint density at radius 3 is 2.77 bits per heavy atom. The molecule has 1 fully saturated rings. The Bertz CT molecular complexity index is 696. The fraction of sp³-hybridized carbons (Fsp3) is 0.538. The first-order chi connectivity index (χ1) is 10.3. The summed E-state index contributed by atoms with van der Waals surface area (Å²) in [7, 11) is -3.61. The number of ether oxygens (including phenoxy) is 1. The number of hydrogen-bond donors (Lipinski definition) is 0. The topological polar surface area (TPSA) is 63.7 Å². The number of benzene rings is 1. The smallest absolute Gasteiger partial charge is 0.246 e. The van der Waals surface area contributed by atoms with Crippen molar-refractivity contribution < 1.29 is 21.8 Å². The van der Waals surface area contributed by atoms with E-state index in [1.807, 2.05) is 6.92 Å². The van der Waals surface area contributed by atoms with E-state index < -0.39 is 26.6 Å². The van der Waals surface area contributed by atoms with Gasteiger partial charge in [-0.25, -0.2) is 12.8 Å². The van der Waals surface area contributed by atoms with Crippen LogP contribution in [0.2, 0.25) is 0 Å². The van der Waals surface area contributed by atoms with Crippen molar-refractivity contribution in [2.24, 2.45) is 5.92 Å². The molecule has 0 amide bonds. The van der Waals surface area contributed by atoms with E-state index in [2.05, 4.69) is 15.9 Å². The SMILES string of the molecule is COc1cc(Br)c(F)cc1S(=O)(=O)N1CCS(=O)CC(C)C1. The summed E-state index contributed by atoms with van der Waals surface area (Å²) in [5.41, 5.74) is 0. The van der Waals surface area contributed by atoms with Crippen LogP contribution >= 0.6 is 15.9 Å². The van der Waals surface area contributed by atoms with Crippen LogP contribution in [0.3, 0.4) is 0 Å². The highest BCUT2D eigenvalue weighted by molar-refractivity contribution is 9.10. The quantitative estimate of drug-likeness (QED) is 0.759. The normalized spacial score (nSPS) is 24.0. The number of sulfonamides is 1. The van der Waals surface area contributed by atoms with Gasteiger partial charge in [-0.2, -0.15) is 4.31 Å². The van der Waals surface area contributed by atoms with Crippen LogP contribution in [0.15, 0.2) is 21.5 Å². The summed E-state index contributed by atoms with van der Waals surface area (Å²) >= 11 is 3.01. The summed E-state index contributed by atoms with van der Waals surface area (Å²) in [6, 6.07) is 2.24. The van der Waals surface area contributed by atoms with E-state index in [0.717, 1.165) is 6.07 Å². The molecule has 0 N–H and O–H groups in total. The van der Waals surface area contributed by atoms with E-state index in [1.54, 1.807) is 0 Å². The fourth-order valence-electron chi connectivity index (χ4n) is 2.32. The van der Waals surface area contributed by atoms with E-state index in [0.29, 0.717) is 5.75 Å². The van der Waals surface area contributed by atoms with Gasteiger partial charge in [0.2, 0.25) is 10.0 Å². The lowest BCUT2D eigenvalue weighted by molar-refractivity contribution is 0.377. The van der Waals surface area contributed by atoms with Gasteiger partial charge in [0.15, 0.2) is 0 Å². The zero-order valence-corrected chi connectivity index (χ0v) is 15.4. The van der Waals surface area contributed by atoms with Crippen LogP contribution in [0.1, 0.15) is 6.92 Å². The number of nitrogens with zero attached hydrogens (tertiary/aromatic N) is 1. The van der Waals surface area contributed by atoms with E-state index in [9.17, 15) is 17.0 Å². The van der Waals surface area contributed by atoms with Crippen molar-refractivity contribution in [2.75, 3.05) is 31.7 Å². The van der Waals surface area contributed by atoms with E-state index in [1.165, 1.54) is 17.5 Å². The van der Waals surface area contributed by atoms with Gasteiger partial charge in [-0.15, -0.1) is 0 Å². The van der Waals surface area contributed by atoms with Gasteiger partial charge in [0.05, 0.1) is 11.6 Å². The predicted molar refractivity (Wildman–Crippen MR) is 86.5 cm³/mol. The second-order valence-electron chi connectivity index (χ2n) is 5.20. The third-order valence-electron chi connectivity index (χ3n) is 3.38. The molecule has 2 rings (SSSR count). The largest absolute Gasteiger partial charge is 0.495 e. The zero-order valence-electron chi connectivity index (χ0n) is 12.2. The second-order valence-corrected chi connectivity index (χ2v) is 9.58. The molecule has 124 valence electrons. The van der Waals surface area contributed by atoms with Crippen molar-refractivity contribution in [3.8, 4) is 5.75 Å². The first-order valence-electron chi connectivity index (χ1n) is 6.64. The molecule has 0 aliphatic carbocycles. The molecule has 1 saturated heterocycles. The van der Waals surface area contributed by atoms with E-state index in [-0.39, 0.29) is 39.9 Å². The Balaban J connectivity index is 2.46. The molecule has 22 heavy (non-hydrogen) atoms. The van der Waals surface area contributed by atoms with Gasteiger partial charge in [-0.1, -0.05) is 6.92 Å². The van der Waals surface area contributed by atoms with Crippen molar-refractivity contribution in [3.05, 3.63) is 22.4 Å². The van der Waals surface area contributed by atoms with Crippen LogP contribution in [0.4, 0.5) is 4.39 Å². The maximum atomic E-state index is 13.8. The molecule has 2 atom stereocenters. The Morgan fingerprint density at radius 1 is 1.45 bits per heavy atom. The molecule has 9 heteroatoms. The van der Waals surface area contributed by atoms with Crippen LogP contribution in [0, 0.1) is 11.7 Å². The average Bonchev–Trinajstić information content (AvgIpc) is 2.62. The van der Waals surface area contributed by atoms with Gasteiger partial charge in [0.1, 0.15) is 16.5 Å². The molecule has 0 aromatic heterocycles. The van der Waals surface area contributed by atoms with E-state index in [4.69, 9.17) is 4.74 Å². The molecule has 0 spiro atoms. The first kappa shape index (κ1) is 17.8. The van der Waals surface area contributed by atoms with Crippen LogP contribution in [0.5, 0.6) is 5.75 Å². The second kappa shape index (κ2) is 6.94. The lowest BCUT2D eigenvalue weighted by atomic mass is 10.2. The minimum absolute atomic E-state index is 0.0237. The highest BCUT2D eigenvalue weighted by atomic mass is 79.9. The minimum Gasteiger partial charge on any atom is -0.495 e. The Morgan fingerprint density at radius 2 is 2.14 bits per heavy atom. The molecule has 1 heterocycles. The van der Waals surface area contributed by atoms with Crippen LogP contribution in [-0.4, -0.2) is 48.6 Å². The average molecular weight is 414 g/mol. The maximum Gasteiger partial charge on any atom is 0.246 e. The van der Waals surface area contributed by atoms with Crippen molar-refractivity contribution in [1.29, 1.82) is 0 Å². The number of methoxy groups -OCH3 is 1. The molecule has 5 nitrogen and oxygen atoms in total. The van der Waals surface area contributed by atoms with Gasteiger partial charge < -0.3 is 4.74 Å². The lowest BCUT2D eigenvalue weighted by Gasteiger charge is -2.23. The third-order valence-corrected chi connectivity index (χ3v) is 7.45. The van der Waals surface area contributed by atoms with Crippen LogP contribution < -0.4 is 4.74 Å². The third kappa shape index (κ3) is 3.69. The first-order valence-corrected chi connectivity index (χ1v) is 10.4.